The van der Waals surface area contributed by atoms with Crippen LogP contribution in [0.15, 0.2) is 0 Å². The Morgan fingerprint density at radius 1 is 1.25 bits per heavy atom. The number of hydrogen-bond donors (Lipinski definition) is 1. The van der Waals surface area contributed by atoms with Crippen LogP contribution in [-0.2, 0) is 14.3 Å². The lowest BCUT2D eigenvalue weighted by Crippen LogP contribution is -2.59. The van der Waals surface area contributed by atoms with Gasteiger partial charge in [-0.15, -0.1) is 0 Å². The molecule has 4 aliphatic rings. The summed E-state index contributed by atoms with van der Waals surface area (Å²) >= 11 is 3.90. The largest absolute Gasteiger partial charge is 0.467 e. The van der Waals surface area contributed by atoms with Gasteiger partial charge in [0.25, 0.3) is 0 Å². The number of nitrogens with one attached hydrogen (secondary N) is 1. The van der Waals surface area contributed by atoms with Crippen molar-refractivity contribution in [1.82, 2.24) is 5.32 Å². The van der Waals surface area contributed by atoms with Crippen LogP contribution < -0.4 is 5.32 Å². The van der Waals surface area contributed by atoms with Crippen LogP contribution >= 0.6 is 15.9 Å². The van der Waals surface area contributed by atoms with Crippen molar-refractivity contribution in [1.29, 1.82) is 0 Å². The van der Waals surface area contributed by atoms with Crippen molar-refractivity contribution in [2.75, 3.05) is 7.11 Å². The molecule has 4 rings (SSSR count). The molecule has 5 heteroatoms. The molecule has 4 bridgehead atoms. The average molecular weight is 344 g/mol. The summed E-state index contributed by atoms with van der Waals surface area (Å²) in [7, 11) is 1.35. The molecule has 0 aliphatic heterocycles. The van der Waals surface area contributed by atoms with Gasteiger partial charge in [0.2, 0.25) is 5.91 Å². The third kappa shape index (κ3) is 2.28. The summed E-state index contributed by atoms with van der Waals surface area (Å²) in [5, 5.41) is 2.87. The molecule has 0 saturated heterocycles. The predicted molar refractivity (Wildman–Crippen MR) is 78.4 cm³/mol. The first-order valence-electron chi connectivity index (χ1n) is 7.44. The second kappa shape index (κ2) is 4.72. The maximum absolute atomic E-state index is 12.7. The molecule has 0 aromatic carbocycles. The zero-order chi connectivity index (χ0) is 14.5. The first kappa shape index (κ1) is 14.4. The summed E-state index contributed by atoms with van der Waals surface area (Å²) in [5.41, 5.74) is -0.268. The van der Waals surface area contributed by atoms with Crippen molar-refractivity contribution in [3.05, 3.63) is 0 Å². The van der Waals surface area contributed by atoms with Gasteiger partial charge in [0, 0.05) is 4.32 Å². The second-order valence-corrected chi connectivity index (χ2v) is 8.79. The normalized spacial score (nSPS) is 43.1. The Kier molecular flexibility index (Phi) is 3.39. The molecule has 112 valence electrons. The van der Waals surface area contributed by atoms with Crippen LogP contribution in [0.5, 0.6) is 0 Å². The van der Waals surface area contributed by atoms with Crippen LogP contribution in [0.3, 0.4) is 0 Å². The van der Waals surface area contributed by atoms with E-state index in [0.717, 1.165) is 19.3 Å². The highest BCUT2D eigenvalue weighted by atomic mass is 79.9. The van der Waals surface area contributed by atoms with Gasteiger partial charge in [0.1, 0.15) is 6.04 Å². The fourth-order valence-corrected chi connectivity index (χ4v) is 6.45. The van der Waals surface area contributed by atoms with Gasteiger partial charge in [-0.1, -0.05) is 15.9 Å². The van der Waals surface area contributed by atoms with Crippen LogP contribution in [-0.4, -0.2) is 29.4 Å². The number of ether oxygens (including phenoxy) is 1. The minimum atomic E-state index is -0.563. The average Bonchev–Trinajstić information content (AvgIpc) is 2.34. The van der Waals surface area contributed by atoms with E-state index in [0.29, 0.717) is 11.8 Å². The van der Waals surface area contributed by atoms with Gasteiger partial charge in [0.15, 0.2) is 0 Å². The van der Waals surface area contributed by atoms with E-state index < -0.39 is 6.04 Å². The van der Waals surface area contributed by atoms with Crippen LogP contribution in [0.25, 0.3) is 0 Å². The van der Waals surface area contributed by atoms with Crippen molar-refractivity contribution >= 4 is 27.8 Å². The van der Waals surface area contributed by atoms with Crippen molar-refractivity contribution in [2.24, 2.45) is 17.3 Å². The summed E-state index contributed by atoms with van der Waals surface area (Å²) in [5.74, 6) is 0.995. The molecule has 1 amide bonds. The van der Waals surface area contributed by atoms with Gasteiger partial charge in [-0.2, -0.15) is 0 Å². The lowest BCUT2D eigenvalue weighted by molar-refractivity contribution is -0.151. The minimum Gasteiger partial charge on any atom is -0.467 e. The predicted octanol–water partition coefficient (Wildman–Crippen LogP) is 2.40. The van der Waals surface area contributed by atoms with E-state index in [4.69, 9.17) is 0 Å². The van der Waals surface area contributed by atoms with E-state index in [1.807, 2.05) is 0 Å². The first-order chi connectivity index (χ1) is 9.36. The zero-order valence-electron chi connectivity index (χ0n) is 12.1. The fraction of sp³-hybridized carbons (Fsp3) is 0.867. The molecule has 1 N–H and O–H groups in total. The maximum Gasteiger partial charge on any atom is 0.328 e. The molecule has 20 heavy (non-hydrogen) atoms. The molecule has 4 saturated carbocycles. The topological polar surface area (TPSA) is 55.4 Å². The molecule has 0 heterocycles. The smallest absolute Gasteiger partial charge is 0.328 e. The molecule has 4 fully saturated rings. The lowest BCUT2D eigenvalue weighted by atomic mass is 9.49. The van der Waals surface area contributed by atoms with Crippen LogP contribution in [0.4, 0.5) is 0 Å². The Hall–Kier alpha value is -0.580. The first-order valence-corrected chi connectivity index (χ1v) is 8.23. The number of rotatable bonds is 3. The van der Waals surface area contributed by atoms with Crippen molar-refractivity contribution in [3.63, 3.8) is 0 Å². The zero-order valence-corrected chi connectivity index (χ0v) is 13.7. The Morgan fingerprint density at radius 3 is 2.35 bits per heavy atom. The summed E-state index contributed by atoms with van der Waals surface area (Å²) < 4.78 is 4.84. The van der Waals surface area contributed by atoms with Crippen LogP contribution in [0.2, 0.25) is 0 Å². The van der Waals surface area contributed by atoms with Crippen LogP contribution in [0, 0.1) is 17.3 Å². The van der Waals surface area contributed by atoms with Crippen LogP contribution in [0.1, 0.15) is 45.4 Å². The van der Waals surface area contributed by atoms with Crippen molar-refractivity contribution < 1.29 is 14.3 Å². The number of carbonyl (C=O) groups excluding carboxylic acids is 2. The Bertz CT molecular complexity index is 436. The van der Waals surface area contributed by atoms with E-state index in [9.17, 15) is 9.59 Å². The molecule has 0 spiro atoms. The molecule has 0 radical (unpaired) electrons. The SMILES string of the molecule is COC(=O)[C@H](C)NC(=O)C12C[C@H]3C[C@@H](CC(Br)(C3)C1)C2. The number of hydrogen-bond acceptors (Lipinski definition) is 3. The fourth-order valence-electron chi connectivity index (χ4n) is 5.00. The van der Waals surface area contributed by atoms with Crippen molar-refractivity contribution in [2.45, 2.75) is 55.8 Å². The second-order valence-electron chi connectivity index (χ2n) is 7.11. The molecule has 0 aromatic rings. The Morgan fingerprint density at radius 2 is 1.85 bits per heavy atom. The van der Waals surface area contributed by atoms with Gasteiger partial charge in [0.05, 0.1) is 12.5 Å². The van der Waals surface area contributed by atoms with E-state index in [1.54, 1.807) is 6.92 Å². The molecule has 0 aromatic heterocycles. The molecule has 3 atom stereocenters. The Labute approximate surface area is 128 Å². The van der Waals surface area contributed by atoms with E-state index >= 15 is 0 Å². The monoisotopic (exact) mass is 343 g/mol. The highest BCUT2D eigenvalue weighted by Crippen LogP contribution is 2.64. The third-order valence-electron chi connectivity index (χ3n) is 5.37. The van der Waals surface area contributed by atoms with Gasteiger partial charge in [-0.05, 0) is 57.3 Å². The van der Waals surface area contributed by atoms with E-state index in [2.05, 4.69) is 26.0 Å². The Balaban J connectivity index is 1.76. The number of alkyl halides is 1. The highest BCUT2D eigenvalue weighted by Gasteiger charge is 2.59. The molecule has 4 aliphatic carbocycles. The molecular formula is C15H22BrNO3. The summed E-state index contributed by atoms with van der Waals surface area (Å²) in [6.45, 7) is 1.69. The number of carbonyl (C=O) groups is 2. The van der Waals surface area contributed by atoms with E-state index in [1.165, 1.54) is 26.4 Å². The van der Waals surface area contributed by atoms with Gasteiger partial charge in [-0.25, -0.2) is 4.79 Å². The van der Waals surface area contributed by atoms with E-state index in [-0.39, 0.29) is 21.6 Å². The number of halogens is 1. The molecular weight excluding hydrogens is 322 g/mol. The third-order valence-corrected chi connectivity index (χ3v) is 6.30. The molecule has 4 nitrogen and oxygen atoms in total. The van der Waals surface area contributed by atoms with Gasteiger partial charge < -0.3 is 10.1 Å². The minimum absolute atomic E-state index is 0.0494. The quantitative estimate of drug-likeness (QED) is 0.632. The van der Waals surface area contributed by atoms with Gasteiger partial charge in [-0.3, -0.25) is 4.79 Å². The highest BCUT2D eigenvalue weighted by molar-refractivity contribution is 9.10. The standard InChI is InChI=1S/C15H22BrNO3/c1-9(12(18)20-2)17-13(19)14-4-10-3-11(5-14)7-15(16,6-10)8-14/h9-11H,3-8H2,1-2H3,(H,17,19)/t9-,10+,11+,14?,15?/m0/s1. The number of methoxy groups -OCH3 is 1. The number of amides is 1. The maximum atomic E-state index is 12.7. The summed E-state index contributed by atoms with van der Waals surface area (Å²) in [6, 6.07) is -0.563. The van der Waals surface area contributed by atoms with Crippen molar-refractivity contribution in [3.8, 4) is 0 Å². The lowest BCUT2D eigenvalue weighted by Gasteiger charge is -2.59. The molecule has 0 unspecified atom stereocenters. The number of esters is 1. The summed E-state index contributed by atoms with van der Waals surface area (Å²) in [4.78, 5) is 24.2. The van der Waals surface area contributed by atoms with Gasteiger partial charge >= 0.3 is 5.97 Å². The summed E-state index contributed by atoms with van der Waals surface area (Å²) in [6.07, 6.45) is 6.55.